The molecule has 0 saturated heterocycles. The third kappa shape index (κ3) is 67.2. The van der Waals surface area contributed by atoms with Gasteiger partial charge in [0.15, 0.2) is 0 Å². The highest BCUT2D eigenvalue weighted by molar-refractivity contribution is 5.76. The maximum Gasteiger partial charge on any atom is 0.305 e. The zero-order valence-corrected chi connectivity index (χ0v) is 55.5. The highest BCUT2D eigenvalue weighted by atomic mass is 16.5. The second kappa shape index (κ2) is 71.6. The van der Waals surface area contributed by atoms with Gasteiger partial charge in [0.1, 0.15) is 0 Å². The summed E-state index contributed by atoms with van der Waals surface area (Å²) in [5, 5.41) is 23.4. The molecule has 0 heterocycles. The van der Waals surface area contributed by atoms with E-state index in [1.807, 2.05) is 0 Å². The molecule has 82 heavy (non-hydrogen) atoms. The van der Waals surface area contributed by atoms with Crippen LogP contribution in [0.25, 0.3) is 0 Å². The van der Waals surface area contributed by atoms with E-state index in [1.54, 1.807) is 0 Å². The Morgan fingerprint density at radius 3 is 0.963 bits per heavy atom. The molecular formula is C76H145NO5. The van der Waals surface area contributed by atoms with Crippen LogP contribution in [0, 0.1) is 0 Å². The Bertz CT molecular complexity index is 1330. The molecule has 0 aliphatic heterocycles. The first-order valence-electron chi connectivity index (χ1n) is 37.2. The molecule has 0 bridgehead atoms. The van der Waals surface area contributed by atoms with Gasteiger partial charge in [0.25, 0.3) is 0 Å². The van der Waals surface area contributed by atoms with E-state index in [-0.39, 0.29) is 18.5 Å². The third-order valence-corrected chi connectivity index (χ3v) is 17.4. The number of allylic oxidation sites excluding steroid dienone is 6. The Morgan fingerprint density at radius 2 is 0.610 bits per heavy atom. The van der Waals surface area contributed by atoms with Gasteiger partial charge in [0, 0.05) is 12.8 Å². The molecule has 6 heteroatoms. The predicted octanol–water partition coefficient (Wildman–Crippen LogP) is 24.3. The number of nitrogens with one attached hydrogen (secondary N) is 1. The van der Waals surface area contributed by atoms with Crippen molar-refractivity contribution in [2.24, 2.45) is 0 Å². The van der Waals surface area contributed by atoms with Crippen LogP contribution in [-0.2, 0) is 14.3 Å². The van der Waals surface area contributed by atoms with Crippen molar-refractivity contribution in [3.8, 4) is 0 Å². The van der Waals surface area contributed by atoms with Crippen LogP contribution in [-0.4, -0.2) is 47.4 Å². The van der Waals surface area contributed by atoms with Crippen molar-refractivity contribution in [3.63, 3.8) is 0 Å². The fraction of sp³-hybridized carbons (Fsp3) is 0.895. The Balaban J connectivity index is 3.35. The van der Waals surface area contributed by atoms with Gasteiger partial charge in [-0.05, 0) is 83.5 Å². The normalized spacial score (nSPS) is 12.7. The average Bonchev–Trinajstić information content (AvgIpc) is 3.48. The largest absolute Gasteiger partial charge is 0.466 e. The van der Waals surface area contributed by atoms with Crippen molar-refractivity contribution in [1.82, 2.24) is 5.32 Å². The first-order valence-corrected chi connectivity index (χ1v) is 37.2. The Morgan fingerprint density at radius 1 is 0.341 bits per heavy atom. The number of carbonyl (C=O) groups is 2. The molecule has 0 aliphatic carbocycles. The van der Waals surface area contributed by atoms with Crippen LogP contribution in [0.4, 0.5) is 0 Å². The van der Waals surface area contributed by atoms with Gasteiger partial charge < -0.3 is 20.3 Å². The zero-order valence-electron chi connectivity index (χ0n) is 55.5. The van der Waals surface area contributed by atoms with E-state index < -0.39 is 12.1 Å². The SMILES string of the molecule is CCCCC/C=C\C/C=C\CCCCCCCC(=O)OCCCCCCCCCCCCCC/C=C\CCCCCCCCCCCCCCCCCCCC(=O)NC(CO)C(O)CCCCCCCCCCCCCCCCCCC. The zero-order chi connectivity index (χ0) is 59.2. The van der Waals surface area contributed by atoms with Gasteiger partial charge in [-0.2, -0.15) is 0 Å². The monoisotopic (exact) mass is 1150 g/mol. The summed E-state index contributed by atoms with van der Waals surface area (Å²) in [4.78, 5) is 24.6. The summed E-state index contributed by atoms with van der Waals surface area (Å²) in [5.41, 5.74) is 0. The highest BCUT2D eigenvalue weighted by Gasteiger charge is 2.20. The predicted molar refractivity (Wildman–Crippen MR) is 361 cm³/mol. The van der Waals surface area contributed by atoms with Crippen LogP contribution in [0.2, 0.25) is 0 Å². The van der Waals surface area contributed by atoms with E-state index in [0.717, 1.165) is 51.4 Å². The molecule has 0 aromatic carbocycles. The van der Waals surface area contributed by atoms with Crippen molar-refractivity contribution in [2.45, 2.75) is 424 Å². The van der Waals surface area contributed by atoms with Crippen LogP contribution < -0.4 is 5.32 Å². The molecule has 0 rings (SSSR count). The molecule has 2 atom stereocenters. The quantitative estimate of drug-likeness (QED) is 0.0320. The molecule has 2 unspecified atom stereocenters. The van der Waals surface area contributed by atoms with E-state index in [4.69, 9.17) is 4.74 Å². The molecule has 0 saturated carbocycles. The summed E-state index contributed by atoms with van der Waals surface area (Å²) >= 11 is 0. The van der Waals surface area contributed by atoms with Crippen molar-refractivity contribution in [3.05, 3.63) is 36.5 Å². The molecule has 0 radical (unpaired) electrons. The summed E-state index contributed by atoms with van der Waals surface area (Å²) in [6, 6.07) is -0.539. The minimum Gasteiger partial charge on any atom is -0.466 e. The van der Waals surface area contributed by atoms with Crippen LogP contribution in [0.15, 0.2) is 36.5 Å². The Labute approximate surface area is 513 Å². The van der Waals surface area contributed by atoms with Crippen LogP contribution in [0.3, 0.4) is 0 Å². The highest BCUT2D eigenvalue weighted by Crippen LogP contribution is 2.19. The van der Waals surface area contributed by atoms with Crippen LogP contribution >= 0.6 is 0 Å². The number of hydrogen-bond acceptors (Lipinski definition) is 5. The second-order valence-corrected chi connectivity index (χ2v) is 25.6. The lowest BCUT2D eigenvalue weighted by Gasteiger charge is -2.22. The molecule has 0 spiro atoms. The topological polar surface area (TPSA) is 95.9 Å². The number of aliphatic hydroxyl groups excluding tert-OH is 2. The van der Waals surface area contributed by atoms with E-state index >= 15 is 0 Å². The minimum absolute atomic E-state index is 0.00510. The van der Waals surface area contributed by atoms with Gasteiger partial charge >= 0.3 is 5.97 Å². The lowest BCUT2D eigenvalue weighted by molar-refractivity contribution is -0.143. The lowest BCUT2D eigenvalue weighted by Crippen LogP contribution is -2.45. The number of rotatable bonds is 70. The molecule has 0 aromatic heterocycles. The Kier molecular flexibility index (Phi) is 69.9. The van der Waals surface area contributed by atoms with Crippen molar-refractivity contribution in [2.75, 3.05) is 13.2 Å². The van der Waals surface area contributed by atoms with Gasteiger partial charge in [-0.15, -0.1) is 0 Å². The van der Waals surface area contributed by atoms with Gasteiger partial charge in [-0.1, -0.05) is 352 Å². The maximum atomic E-state index is 12.5. The summed E-state index contributed by atoms with van der Waals surface area (Å²) in [5.74, 6) is -0.0232. The smallest absolute Gasteiger partial charge is 0.305 e. The van der Waals surface area contributed by atoms with Crippen LogP contribution in [0.1, 0.15) is 412 Å². The number of hydrogen-bond donors (Lipinski definition) is 3. The molecule has 0 aromatic rings. The van der Waals surface area contributed by atoms with Gasteiger partial charge in [0.2, 0.25) is 5.91 Å². The average molecular weight is 1150 g/mol. The van der Waals surface area contributed by atoms with E-state index in [1.165, 1.54) is 327 Å². The fourth-order valence-electron chi connectivity index (χ4n) is 11.7. The lowest BCUT2D eigenvalue weighted by atomic mass is 10.0. The van der Waals surface area contributed by atoms with Crippen molar-refractivity contribution >= 4 is 11.9 Å². The number of esters is 1. The number of aliphatic hydroxyl groups is 2. The second-order valence-electron chi connectivity index (χ2n) is 25.6. The maximum absolute atomic E-state index is 12.5. The van der Waals surface area contributed by atoms with Crippen molar-refractivity contribution < 1.29 is 24.5 Å². The third-order valence-electron chi connectivity index (χ3n) is 17.4. The van der Waals surface area contributed by atoms with Gasteiger partial charge in [0.05, 0.1) is 25.4 Å². The first kappa shape index (κ1) is 80.1. The van der Waals surface area contributed by atoms with E-state index in [0.29, 0.717) is 25.9 Å². The van der Waals surface area contributed by atoms with Gasteiger partial charge in [-0.25, -0.2) is 0 Å². The number of amides is 1. The number of carbonyl (C=O) groups excluding carboxylic acids is 2. The molecule has 3 N–H and O–H groups in total. The minimum atomic E-state index is -0.662. The number of unbranched alkanes of at least 4 members (excludes halogenated alkanes) is 53. The van der Waals surface area contributed by atoms with Crippen molar-refractivity contribution in [1.29, 1.82) is 0 Å². The van der Waals surface area contributed by atoms with E-state index in [9.17, 15) is 19.8 Å². The Hall–Kier alpha value is -1.92. The van der Waals surface area contributed by atoms with E-state index in [2.05, 4.69) is 55.6 Å². The summed E-state index contributed by atoms with van der Waals surface area (Å²) in [7, 11) is 0. The molecular weight excluding hydrogens is 1010 g/mol. The summed E-state index contributed by atoms with van der Waals surface area (Å²) < 4.78 is 5.49. The molecule has 0 aliphatic rings. The summed E-state index contributed by atoms with van der Waals surface area (Å²) in [6.45, 7) is 4.96. The van der Waals surface area contributed by atoms with Gasteiger partial charge in [-0.3, -0.25) is 9.59 Å². The molecule has 484 valence electrons. The fourth-order valence-corrected chi connectivity index (χ4v) is 11.7. The number of ether oxygens (including phenoxy) is 1. The standard InChI is InChI=1S/C76H145NO5/c1-3-5-7-9-11-13-15-17-19-37-41-44-48-52-56-60-64-68-74(79)73(72-78)77-75(80)69-65-61-57-53-49-45-42-38-35-33-31-29-27-25-23-21-20-22-24-26-28-30-32-34-36-39-43-47-51-55-59-63-67-71-82-76(81)70-66-62-58-54-50-46-40-18-16-14-12-10-8-6-4-2/h12,14,18,24,26,40,73-74,78-79H,3-11,13,15-17,19-23,25,27-39,41-72H2,1-2H3,(H,77,80)/b14-12-,26-24-,40-18-. The summed E-state index contributed by atoms with van der Waals surface area (Å²) in [6.07, 6.45) is 92.1. The molecule has 6 nitrogen and oxygen atoms in total. The molecule has 1 amide bonds. The first-order chi connectivity index (χ1) is 40.5. The molecule has 0 fully saturated rings. The van der Waals surface area contributed by atoms with Crippen LogP contribution in [0.5, 0.6) is 0 Å².